The maximum Gasteiger partial charge on any atom is 0.233 e. The summed E-state index contributed by atoms with van der Waals surface area (Å²) in [5.74, 6) is 0.902. The maximum atomic E-state index is 12.2. The van der Waals surface area contributed by atoms with Gasteiger partial charge in [-0.3, -0.25) is 4.79 Å². The van der Waals surface area contributed by atoms with E-state index in [1.807, 2.05) is 0 Å². The lowest BCUT2D eigenvalue weighted by Gasteiger charge is -2.33. The second-order valence-corrected chi connectivity index (χ2v) is 7.36. The molecule has 122 valence electrons. The summed E-state index contributed by atoms with van der Waals surface area (Å²) in [6.45, 7) is 6.59. The van der Waals surface area contributed by atoms with Crippen LogP contribution in [0.4, 0.5) is 0 Å². The summed E-state index contributed by atoms with van der Waals surface area (Å²) in [5, 5.41) is 0.194. The van der Waals surface area contributed by atoms with Crippen LogP contribution in [0.1, 0.15) is 17.5 Å². The first-order valence-electron chi connectivity index (χ1n) is 8.08. The van der Waals surface area contributed by atoms with Crippen LogP contribution < -0.4 is 0 Å². The Labute approximate surface area is 137 Å². The van der Waals surface area contributed by atoms with Crippen LogP contribution in [0.25, 0.3) is 0 Å². The van der Waals surface area contributed by atoms with E-state index in [0.717, 1.165) is 45.7 Å². The van der Waals surface area contributed by atoms with Crippen molar-refractivity contribution < 1.29 is 4.79 Å². The Balaban J connectivity index is 1.52. The van der Waals surface area contributed by atoms with Gasteiger partial charge in [-0.2, -0.15) is 0 Å². The lowest BCUT2D eigenvalue weighted by atomic mass is 10.2. The van der Waals surface area contributed by atoms with Crippen molar-refractivity contribution in [1.29, 1.82) is 0 Å². The molecule has 2 aliphatic heterocycles. The molecule has 0 spiro atoms. The van der Waals surface area contributed by atoms with Gasteiger partial charge >= 0.3 is 0 Å². The van der Waals surface area contributed by atoms with Crippen LogP contribution in [0.5, 0.6) is 0 Å². The zero-order valence-electron chi connectivity index (χ0n) is 13.6. The minimum Gasteiger partial charge on any atom is -0.352 e. The van der Waals surface area contributed by atoms with Gasteiger partial charge in [-0.25, -0.2) is 0 Å². The van der Waals surface area contributed by atoms with E-state index in [1.54, 1.807) is 11.8 Å². The van der Waals surface area contributed by atoms with Gasteiger partial charge in [0.1, 0.15) is 5.37 Å². The Hall–Kier alpha value is -0.980. The molecule has 0 aromatic carbocycles. The van der Waals surface area contributed by atoms with Crippen molar-refractivity contribution in [3.63, 3.8) is 0 Å². The van der Waals surface area contributed by atoms with Crippen LogP contribution in [0.3, 0.4) is 0 Å². The summed E-state index contributed by atoms with van der Waals surface area (Å²) < 4.78 is 2.13. The molecule has 0 radical (unpaired) electrons. The summed E-state index contributed by atoms with van der Waals surface area (Å²) in [5.41, 5.74) is 1.23. The highest BCUT2D eigenvalue weighted by Gasteiger charge is 2.33. The molecule has 2 saturated heterocycles. The predicted molar refractivity (Wildman–Crippen MR) is 90.9 cm³/mol. The first-order chi connectivity index (χ1) is 10.6. The number of piperazine rings is 1. The SMILES string of the molecule is CN1CCN(CCCN2C(=O)CSC2c2cccn2C)CC1. The first-order valence-corrected chi connectivity index (χ1v) is 9.13. The highest BCUT2D eigenvalue weighted by Crippen LogP contribution is 2.38. The molecular weight excluding hydrogens is 296 g/mol. The average molecular weight is 322 g/mol. The minimum atomic E-state index is 0.194. The topological polar surface area (TPSA) is 31.7 Å². The van der Waals surface area contributed by atoms with Crippen LogP contribution in [0.15, 0.2) is 18.3 Å². The van der Waals surface area contributed by atoms with E-state index in [-0.39, 0.29) is 11.3 Å². The molecule has 0 aliphatic carbocycles. The molecule has 2 fully saturated rings. The Morgan fingerprint density at radius 2 is 1.95 bits per heavy atom. The molecule has 3 heterocycles. The summed E-state index contributed by atoms with van der Waals surface area (Å²) in [6, 6.07) is 4.19. The van der Waals surface area contributed by atoms with Crippen molar-refractivity contribution in [2.75, 3.05) is 52.1 Å². The van der Waals surface area contributed by atoms with Gasteiger partial charge in [0.15, 0.2) is 0 Å². The molecule has 1 amide bonds. The quantitative estimate of drug-likeness (QED) is 0.816. The van der Waals surface area contributed by atoms with Gasteiger partial charge < -0.3 is 19.3 Å². The molecule has 1 atom stereocenters. The zero-order valence-corrected chi connectivity index (χ0v) is 14.4. The van der Waals surface area contributed by atoms with E-state index in [1.165, 1.54) is 5.69 Å². The second-order valence-electron chi connectivity index (χ2n) is 6.29. The van der Waals surface area contributed by atoms with E-state index in [2.05, 4.69) is 51.7 Å². The zero-order chi connectivity index (χ0) is 15.5. The molecule has 0 bridgehead atoms. The van der Waals surface area contributed by atoms with Crippen LogP contribution in [0, 0.1) is 0 Å². The van der Waals surface area contributed by atoms with Crippen molar-refractivity contribution >= 4 is 17.7 Å². The van der Waals surface area contributed by atoms with Crippen molar-refractivity contribution in [2.24, 2.45) is 7.05 Å². The summed E-state index contributed by atoms with van der Waals surface area (Å²) in [4.78, 5) is 19.2. The third-order valence-corrected chi connectivity index (χ3v) is 5.90. The number of aromatic nitrogens is 1. The fourth-order valence-electron chi connectivity index (χ4n) is 3.21. The fourth-order valence-corrected chi connectivity index (χ4v) is 4.49. The van der Waals surface area contributed by atoms with E-state index in [0.29, 0.717) is 5.75 Å². The van der Waals surface area contributed by atoms with Crippen LogP contribution in [-0.2, 0) is 11.8 Å². The normalized spacial score (nSPS) is 24.4. The fraction of sp³-hybridized carbons (Fsp3) is 0.688. The molecule has 3 rings (SSSR count). The van der Waals surface area contributed by atoms with Crippen molar-refractivity contribution in [3.05, 3.63) is 24.0 Å². The second kappa shape index (κ2) is 7.06. The Kier molecular flexibility index (Phi) is 5.10. The Morgan fingerprint density at radius 1 is 1.18 bits per heavy atom. The molecule has 0 saturated carbocycles. The summed E-state index contributed by atoms with van der Waals surface area (Å²) >= 11 is 1.75. The molecule has 1 aromatic rings. The highest BCUT2D eigenvalue weighted by atomic mass is 32.2. The lowest BCUT2D eigenvalue weighted by Crippen LogP contribution is -2.45. The van der Waals surface area contributed by atoms with Gasteiger partial charge in [0.25, 0.3) is 0 Å². The number of hydrogen-bond acceptors (Lipinski definition) is 4. The maximum absolute atomic E-state index is 12.2. The molecule has 0 N–H and O–H groups in total. The van der Waals surface area contributed by atoms with Crippen LogP contribution >= 0.6 is 11.8 Å². The first kappa shape index (κ1) is 15.9. The number of carbonyl (C=O) groups is 1. The number of rotatable bonds is 5. The minimum absolute atomic E-state index is 0.194. The van der Waals surface area contributed by atoms with E-state index in [4.69, 9.17) is 0 Å². The predicted octanol–water partition coefficient (Wildman–Crippen LogP) is 1.24. The highest BCUT2D eigenvalue weighted by molar-refractivity contribution is 8.00. The number of likely N-dealkylation sites (N-methyl/N-ethyl adjacent to an activating group) is 1. The van der Waals surface area contributed by atoms with E-state index < -0.39 is 0 Å². The number of aryl methyl sites for hydroxylation is 1. The standard InChI is InChI=1S/C16H26N4OS/c1-17-9-11-19(12-10-17)7-4-8-20-15(21)13-22-16(20)14-5-3-6-18(14)2/h3,5-6,16H,4,7-13H2,1-2H3. The molecule has 6 heteroatoms. The lowest BCUT2D eigenvalue weighted by molar-refractivity contribution is -0.128. The van der Waals surface area contributed by atoms with Gasteiger partial charge in [0.2, 0.25) is 5.91 Å². The molecule has 5 nitrogen and oxygen atoms in total. The van der Waals surface area contributed by atoms with Gasteiger partial charge in [-0.15, -0.1) is 11.8 Å². The molecule has 22 heavy (non-hydrogen) atoms. The third-order valence-electron chi connectivity index (χ3n) is 4.67. The summed E-state index contributed by atoms with van der Waals surface area (Å²) in [6.07, 6.45) is 3.12. The number of hydrogen-bond donors (Lipinski definition) is 0. The van der Waals surface area contributed by atoms with Gasteiger partial charge in [0.05, 0.1) is 11.4 Å². The Bertz CT molecular complexity index is 510. The molecule has 1 unspecified atom stereocenters. The number of amides is 1. The molecule has 2 aliphatic rings. The van der Waals surface area contributed by atoms with Crippen molar-refractivity contribution in [3.8, 4) is 0 Å². The summed E-state index contributed by atoms with van der Waals surface area (Å²) in [7, 11) is 4.24. The largest absolute Gasteiger partial charge is 0.352 e. The van der Waals surface area contributed by atoms with Gasteiger partial charge in [-0.05, 0) is 32.1 Å². The smallest absolute Gasteiger partial charge is 0.233 e. The number of carbonyl (C=O) groups excluding carboxylic acids is 1. The molecular formula is C16H26N4OS. The van der Waals surface area contributed by atoms with Crippen molar-refractivity contribution in [2.45, 2.75) is 11.8 Å². The van der Waals surface area contributed by atoms with Gasteiger partial charge in [-0.1, -0.05) is 0 Å². The van der Waals surface area contributed by atoms with Crippen LogP contribution in [0.2, 0.25) is 0 Å². The monoisotopic (exact) mass is 322 g/mol. The van der Waals surface area contributed by atoms with E-state index in [9.17, 15) is 4.79 Å². The Morgan fingerprint density at radius 3 is 2.64 bits per heavy atom. The molecule has 1 aromatic heterocycles. The van der Waals surface area contributed by atoms with Crippen LogP contribution in [-0.4, -0.2) is 77.2 Å². The average Bonchev–Trinajstić information content (AvgIpc) is 3.08. The number of thioether (sulfide) groups is 1. The van der Waals surface area contributed by atoms with Crippen molar-refractivity contribution in [1.82, 2.24) is 19.3 Å². The van der Waals surface area contributed by atoms with E-state index >= 15 is 0 Å². The third kappa shape index (κ3) is 3.50. The number of nitrogens with zero attached hydrogens (tertiary/aromatic N) is 4. The van der Waals surface area contributed by atoms with Gasteiger partial charge in [0, 0.05) is 46.0 Å².